The molecule has 50 heavy (non-hydrogen) atoms. The molecule has 0 radical (unpaired) electrons. The standard InChI is InChI=1S/C42H36Cl2N2O2P2/c1-45-23-25-47-39-35(45)27-33(43)41(49(29-15-7-3-8-16-29)30-17-9-4-10-18-30)37(39)38-40-36(46(2)24-26-48-40)28-34(44)42(38)50(31-19-11-5-12-20-31)32-21-13-6-14-22-32/h3-22,27-28H,23-26H2,1-2H3. The van der Waals surface area contributed by atoms with Crippen LogP contribution in [0.1, 0.15) is 0 Å². The molecule has 0 spiro atoms. The lowest BCUT2D eigenvalue weighted by atomic mass is 9.99. The van der Waals surface area contributed by atoms with E-state index < -0.39 is 15.8 Å². The Labute approximate surface area is 306 Å². The predicted octanol–water partition coefficient (Wildman–Crippen LogP) is 7.83. The molecule has 0 fully saturated rings. The van der Waals surface area contributed by atoms with E-state index in [1.807, 2.05) is 0 Å². The van der Waals surface area contributed by atoms with Gasteiger partial charge in [-0.25, -0.2) is 0 Å². The molecule has 0 saturated carbocycles. The van der Waals surface area contributed by atoms with E-state index in [0.717, 1.165) is 57.7 Å². The monoisotopic (exact) mass is 732 g/mol. The highest BCUT2D eigenvalue weighted by Gasteiger charge is 2.37. The number of ether oxygens (including phenoxy) is 2. The number of nitrogens with zero attached hydrogens (tertiary/aromatic N) is 2. The first-order valence-electron chi connectivity index (χ1n) is 16.7. The Morgan fingerprint density at radius 3 is 1.08 bits per heavy atom. The molecule has 0 atom stereocenters. The molecule has 0 bridgehead atoms. The van der Waals surface area contributed by atoms with Crippen molar-refractivity contribution in [3.8, 4) is 22.6 Å². The van der Waals surface area contributed by atoms with Crippen molar-refractivity contribution in [3.05, 3.63) is 144 Å². The average molecular weight is 734 g/mol. The maximum Gasteiger partial charge on any atom is 0.151 e. The molecule has 2 aliphatic heterocycles. The number of benzene rings is 6. The molecule has 0 amide bonds. The fourth-order valence-corrected chi connectivity index (χ4v) is 12.8. The fourth-order valence-electron chi connectivity index (χ4n) is 6.91. The summed E-state index contributed by atoms with van der Waals surface area (Å²) in [7, 11) is 1.92. The summed E-state index contributed by atoms with van der Waals surface area (Å²) >= 11 is 15.3. The smallest absolute Gasteiger partial charge is 0.151 e. The maximum absolute atomic E-state index is 7.65. The largest absolute Gasteiger partial charge is 0.489 e. The number of likely N-dealkylation sites (N-methyl/N-ethyl adjacent to an activating group) is 2. The van der Waals surface area contributed by atoms with Crippen LogP contribution in [0.4, 0.5) is 11.4 Å². The second-order valence-electron chi connectivity index (χ2n) is 12.4. The van der Waals surface area contributed by atoms with Gasteiger partial charge in [-0.15, -0.1) is 0 Å². The topological polar surface area (TPSA) is 24.9 Å². The van der Waals surface area contributed by atoms with Crippen molar-refractivity contribution in [3.63, 3.8) is 0 Å². The lowest BCUT2D eigenvalue weighted by molar-refractivity contribution is 0.308. The molecular weight excluding hydrogens is 697 g/mol. The molecular formula is C42H36Cl2N2O2P2. The second kappa shape index (κ2) is 14.3. The van der Waals surface area contributed by atoms with Crippen LogP contribution in [0, 0.1) is 0 Å². The van der Waals surface area contributed by atoms with E-state index >= 15 is 0 Å². The number of anilines is 2. The van der Waals surface area contributed by atoms with Crippen LogP contribution in [0.25, 0.3) is 11.1 Å². The van der Waals surface area contributed by atoms with Crippen LogP contribution in [0.5, 0.6) is 11.5 Å². The third kappa shape index (κ3) is 6.03. The molecule has 2 heterocycles. The number of hydrogen-bond donors (Lipinski definition) is 0. The summed E-state index contributed by atoms with van der Waals surface area (Å²) in [4.78, 5) is 4.48. The quantitative estimate of drug-likeness (QED) is 0.156. The number of fused-ring (bicyclic) bond motifs is 2. The first kappa shape index (κ1) is 33.1. The molecule has 8 heteroatoms. The summed E-state index contributed by atoms with van der Waals surface area (Å²) < 4.78 is 13.6. The average Bonchev–Trinajstić information content (AvgIpc) is 3.15. The minimum atomic E-state index is -1.15. The maximum atomic E-state index is 7.65. The molecule has 0 aromatic heterocycles. The van der Waals surface area contributed by atoms with Crippen molar-refractivity contribution in [2.75, 3.05) is 50.2 Å². The SMILES string of the molecule is CN1CCOc2c1cc(Cl)c(P(c1ccccc1)c1ccccc1)c2-c1c2c(cc(Cl)c1P(c1ccccc1)c1ccccc1)N(C)CCO2. The van der Waals surface area contributed by atoms with Crippen LogP contribution < -0.4 is 51.1 Å². The number of halogens is 2. The first-order chi connectivity index (χ1) is 24.5. The van der Waals surface area contributed by atoms with Gasteiger partial charge >= 0.3 is 0 Å². The third-order valence-corrected chi connectivity index (χ3v) is 15.2. The third-order valence-electron chi connectivity index (χ3n) is 9.30. The van der Waals surface area contributed by atoms with Crippen LogP contribution in [-0.4, -0.2) is 40.4 Å². The van der Waals surface area contributed by atoms with Crippen molar-refractivity contribution in [1.82, 2.24) is 0 Å². The zero-order valence-electron chi connectivity index (χ0n) is 27.9. The lowest BCUT2D eigenvalue weighted by Crippen LogP contribution is -2.34. The van der Waals surface area contributed by atoms with Crippen LogP contribution in [0.3, 0.4) is 0 Å². The van der Waals surface area contributed by atoms with E-state index in [2.05, 4.69) is 157 Å². The summed E-state index contributed by atoms with van der Waals surface area (Å²) in [6, 6.07) is 47.0. The zero-order valence-corrected chi connectivity index (χ0v) is 31.2. The Kier molecular flexibility index (Phi) is 9.47. The van der Waals surface area contributed by atoms with E-state index in [0.29, 0.717) is 23.3 Å². The Morgan fingerprint density at radius 2 is 0.780 bits per heavy atom. The molecule has 8 rings (SSSR count). The summed E-state index contributed by atoms with van der Waals surface area (Å²) in [6.07, 6.45) is 0. The van der Waals surface area contributed by atoms with Gasteiger partial charge in [0.2, 0.25) is 0 Å². The normalized spacial score (nSPS) is 13.9. The van der Waals surface area contributed by atoms with Gasteiger partial charge in [-0.3, -0.25) is 0 Å². The first-order valence-corrected chi connectivity index (χ1v) is 20.2. The summed E-state index contributed by atoms with van der Waals surface area (Å²) in [5.41, 5.74) is 3.84. The highest BCUT2D eigenvalue weighted by molar-refractivity contribution is 7.81. The van der Waals surface area contributed by atoms with Gasteiger partial charge in [0.15, 0.2) is 11.5 Å². The van der Waals surface area contributed by atoms with Gasteiger partial charge in [0.25, 0.3) is 0 Å². The van der Waals surface area contributed by atoms with Crippen LogP contribution in [0.15, 0.2) is 133 Å². The molecule has 0 N–H and O–H groups in total. The van der Waals surface area contributed by atoms with Crippen molar-refractivity contribution in [2.24, 2.45) is 0 Å². The zero-order chi connectivity index (χ0) is 34.2. The van der Waals surface area contributed by atoms with Gasteiger partial charge < -0.3 is 19.3 Å². The molecule has 0 aliphatic carbocycles. The Hall–Kier alpha value is -4.04. The van der Waals surface area contributed by atoms with Crippen LogP contribution in [0.2, 0.25) is 10.0 Å². The van der Waals surface area contributed by atoms with Crippen molar-refractivity contribution in [2.45, 2.75) is 0 Å². The molecule has 250 valence electrons. The minimum absolute atomic E-state index is 0.553. The van der Waals surface area contributed by atoms with Gasteiger partial charge in [-0.2, -0.15) is 0 Å². The van der Waals surface area contributed by atoms with Crippen LogP contribution in [-0.2, 0) is 0 Å². The molecule has 0 saturated heterocycles. The lowest BCUT2D eigenvalue weighted by Gasteiger charge is -2.37. The predicted molar refractivity (Wildman–Crippen MR) is 217 cm³/mol. The second-order valence-corrected chi connectivity index (χ2v) is 17.5. The number of rotatable bonds is 7. The van der Waals surface area contributed by atoms with E-state index in [9.17, 15) is 0 Å². The van der Waals surface area contributed by atoms with E-state index in [1.165, 1.54) is 21.2 Å². The minimum Gasteiger partial charge on any atom is -0.489 e. The molecule has 6 aromatic rings. The van der Waals surface area contributed by atoms with E-state index in [1.54, 1.807) is 0 Å². The molecule has 6 aromatic carbocycles. The van der Waals surface area contributed by atoms with Crippen molar-refractivity contribution < 1.29 is 9.47 Å². The Balaban J connectivity index is 1.56. The molecule has 0 unspecified atom stereocenters. The highest BCUT2D eigenvalue weighted by atomic mass is 35.5. The van der Waals surface area contributed by atoms with Crippen molar-refractivity contribution >= 4 is 82.2 Å². The summed E-state index contributed by atoms with van der Waals surface area (Å²) in [5.74, 6) is 1.63. The number of hydrogen-bond acceptors (Lipinski definition) is 4. The Morgan fingerprint density at radius 1 is 0.480 bits per heavy atom. The van der Waals surface area contributed by atoms with Crippen molar-refractivity contribution in [1.29, 1.82) is 0 Å². The van der Waals surface area contributed by atoms with E-state index in [-0.39, 0.29) is 0 Å². The highest BCUT2D eigenvalue weighted by Crippen LogP contribution is 2.55. The molecule has 4 nitrogen and oxygen atoms in total. The van der Waals surface area contributed by atoms with Gasteiger partial charge in [-0.1, -0.05) is 145 Å². The van der Waals surface area contributed by atoms with Gasteiger partial charge in [-0.05, 0) is 49.2 Å². The van der Waals surface area contributed by atoms with Gasteiger partial charge in [0.05, 0.1) is 34.5 Å². The van der Waals surface area contributed by atoms with Gasteiger partial charge in [0.1, 0.15) is 13.2 Å². The van der Waals surface area contributed by atoms with Gasteiger partial charge in [0, 0.05) is 35.8 Å². The summed E-state index contributed by atoms with van der Waals surface area (Å²) in [5, 5.41) is 8.26. The molecule has 2 aliphatic rings. The van der Waals surface area contributed by atoms with E-state index in [4.69, 9.17) is 32.7 Å². The Bertz CT molecular complexity index is 1900. The summed E-state index contributed by atoms with van der Waals surface area (Å²) in [6.45, 7) is 2.62. The van der Waals surface area contributed by atoms with Crippen LogP contribution >= 0.6 is 39.0 Å². The fraction of sp³-hybridized carbons (Fsp3) is 0.143.